The fourth-order valence-electron chi connectivity index (χ4n) is 3.45. The molecule has 2 heterocycles. The van der Waals surface area contributed by atoms with Crippen molar-refractivity contribution < 1.29 is 13.2 Å². The molecule has 0 atom stereocenters. The minimum atomic E-state index is -4.35. The molecule has 6 heteroatoms. The van der Waals surface area contributed by atoms with Gasteiger partial charge < -0.3 is 10.7 Å². The molecule has 0 spiro atoms. The van der Waals surface area contributed by atoms with Crippen LogP contribution in [0.3, 0.4) is 0 Å². The van der Waals surface area contributed by atoms with Gasteiger partial charge in [0.1, 0.15) is 0 Å². The number of nitrogens with two attached hydrogens (primary N) is 1. The van der Waals surface area contributed by atoms with Crippen molar-refractivity contribution in [2.45, 2.75) is 25.4 Å². The monoisotopic (exact) mass is 388 g/mol. The largest absolute Gasteiger partial charge is 0.416 e. The van der Waals surface area contributed by atoms with E-state index in [1.54, 1.807) is 11.3 Å². The lowest BCUT2D eigenvalue weighted by Gasteiger charge is -2.07. The van der Waals surface area contributed by atoms with Crippen LogP contribution in [-0.4, -0.2) is 11.5 Å². The van der Waals surface area contributed by atoms with Crippen molar-refractivity contribution >= 4 is 32.3 Å². The van der Waals surface area contributed by atoms with Crippen LogP contribution in [0.2, 0.25) is 0 Å². The molecule has 4 rings (SSSR count). The maximum absolute atomic E-state index is 13.2. The number of benzene rings is 2. The molecule has 140 valence electrons. The zero-order valence-corrected chi connectivity index (χ0v) is 15.4. The normalized spacial score (nSPS) is 12.3. The summed E-state index contributed by atoms with van der Waals surface area (Å²) in [7, 11) is 0. The molecule has 0 saturated heterocycles. The highest BCUT2D eigenvalue weighted by Gasteiger charge is 2.31. The minimum absolute atomic E-state index is 0.578. The lowest BCUT2D eigenvalue weighted by Crippen LogP contribution is -2.04. The van der Waals surface area contributed by atoms with Crippen LogP contribution < -0.4 is 5.73 Å². The molecule has 2 aromatic heterocycles. The average molecular weight is 388 g/mol. The van der Waals surface area contributed by atoms with Crippen LogP contribution in [0.15, 0.2) is 48.5 Å². The third-order valence-electron chi connectivity index (χ3n) is 4.79. The van der Waals surface area contributed by atoms with Gasteiger partial charge in [0.15, 0.2) is 0 Å². The van der Waals surface area contributed by atoms with E-state index in [1.807, 2.05) is 18.2 Å². The second kappa shape index (κ2) is 7.02. The zero-order chi connectivity index (χ0) is 19.0. The van der Waals surface area contributed by atoms with Crippen LogP contribution >= 0.6 is 11.3 Å². The number of aromatic nitrogens is 1. The fourth-order valence-corrected chi connectivity index (χ4v) is 4.54. The Morgan fingerprint density at radius 1 is 1.00 bits per heavy atom. The predicted octanol–water partition coefficient (Wildman–Crippen LogP) is 6.35. The molecular weight excluding hydrogens is 369 g/mol. The first-order valence-electron chi connectivity index (χ1n) is 8.88. The van der Waals surface area contributed by atoms with Gasteiger partial charge in [-0.25, -0.2) is 0 Å². The summed E-state index contributed by atoms with van der Waals surface area (Å²) >= 11 is 1.65. The maximum Gasteiger partial charge on any atom is 0.416 e. The standard InChI is InChI=1S/C21H19F3N2S/c22-21(23,24)14-8-9-17-16(12-14)15(6-3-4-10-25)20(26-17)19-11-13-5-1-2-7-18(13)27-19/h1-2,5,7-9,11-12,26H,3-4,6,10,25H2. The Morgan fingerprint density at radius 2 is 1.81 bits per heavy atom. The van der Waals surface area contributed by atoms with E-state index in [0.29, 0.717) is 18.4 Å². The molecule has 0 saturated carbocycles. The Bertz CT molecular complexity index is 1060. The van der Waals surface area contributed by atoms with Gasteiger partial charge in [0.05, 0.1) is 16.1 Å². The van der Waals surface area contributed by atoms with Crippen molar-refractivity contribution in [1.29, 1.82) is 0 Å². The molecule has 4 aromatic rings. The minimum Gasteiger partial charge on any atom is -0.354 e. The summed E-state index contributed by atoms with van der Waals surface area (Å²) in [5.74, 6) is 0. The van der Waals surface area contributed by atoms with Gasteiger partial charge >= 0.3 is 6.18 Å². The quantitative estimate of drug-likeness (QED) is 0.384. The first-order chi connectivity index (χ1) is 13.0. The van der Waals surface area contributed by atoms with E-state index in [0.717, 1.165) is 50.6 Å². The summed E-state index contributed by atoms with van der Waals surface area (Å²) in [6.45, 7) is 0.578. The fraction of sp³-hybridized carbons (Fsp3) is 0.238. The number of unbranched alkanes of at least 4 members (excludes halogenated alkanes) is 1. The number of hydrogen-bond acceptors (Lipinski definition) is 2. The van der Waals surface area contributed by atoms with Gasteiger partial charge in [-0.2, -0.15) is 13.2 Å². The molecule has 27 heavy (non-hydrogen) atoms. The summed E-state index contributed by atoms with van der Waals surface area (Å²) in [5.41, 5.74) is 7.59. The van der Waals surface area contributed by atoms with Crippen LogP contribution in [0.4, 0.5) is 13.2 Å². The number of aryl methyl sites for hydroxylation is 1. The summed E-state index contributed by atoms with van der Waals surface area (Å²) in [6, 6.07) is 14.1. The second-order valence-electron chi connectivity index (χ2n) is 6.63. The van der Waals surface area contributed by atoms with Gasteiger partial charge in [-0.05, 0) is 67.1 Å². The van der Waals surface area contributed by atoms with E-state index in [2.05, 4.69) is 17.1 Å². The highest BCUT2D eigenvalue weighted by atomic mass is 32.1. The second-order valence-corrected chi connectivity index (χ2v) is 7.71. The highest BCUT2D eigenvalue weighted by molar-refractivity contribution is 7.22. The number of hydrogen-bond donors (Lipinski definition) is 2. The van der Waals surface area contributed by atoms with Crippen molar-refractivity contribution in [3.05, 3.63) is 59.7 Å². The molecule has 0 fully saturated rings. The van der Waals surface area contributed by atoms with E-state index >= 15 is 0 Å². The number of alkyl halides is 3. The number of aromatic amines is 1. The topological polar surface area (TPSA) is 41.8 Å². The Labute approximate surface area is 158 Å². The van der Waals surface area contributed by atoms with E-state index in [1.165, 1.54) is 12.1 Å². The van der Waals surface area contributed by atoms with Gasteiger partial charge in [-0.15, -0.1) is 11.3 Å². The first-order valence-corrected chi connectivity index (χ1v) is 9.70. The molecule has 0 aliphatic heterocycles. The summed E-state index contributed by atoms with van der Waals surface area (Å²) in [6.07, 6.45) is -1.96. The lowest BCUT2D eigenvalue weighted by molar-refractivity contribution is -0.137. The molecular formula is C21H19F3N2S. The number of fused-ring (bicyclic) bond motifs is 2. The Kier molecular flexibility index (Phi) is 4.70. The Morgan fingerprint density at radius 3 is 2.56 bits per heavy atom. The van der Waals surface area contributed by atoms with Crippen LogP contribution in [-0.2, 0) is 12.6 Å². The molecule has 0 aliphatic rings. The van der Waals surface area contributed by atoms with E-state index in [4.69, 9.17) is 5.73 Å². The molecule has 0 amide bonds. The van der Waals surface area contributed by atoms with Crippen LogP contribution in [0.1, 0.15) is 24.0 Å². The van der Waals surface area contributed by atoms with Crippen molar-refractivity contribution in [3.8, 4) is 10.6 Å². The first kappa shape index (κ1) is 18.1. The van der Waals surface area contributed by atoms with E-state index in [9.17, 15) is 13.2 Å². The van der Waals surface area contributed by atoms with Crippen LogP contribution in [0.25, 0.3) is 31.6 Å². The van der Waals surface area contributed by atoms with Gasteiger partial charge in [-0.3, -0.25) is 0 Å². The number of nitrogens with one attached hydrogen (secondary N) is 1. The highest BCUT2D eigenvalue weighted by Crippen LogP contribution is 2.40. The molecule has 0 aliphatic carbocycles. The molecule has 3 N–H and O–H groups in total. The van der Waals surface area contributed by atoms with E-state index < -0.39 is 11.7 Å². The third kappa shape index (κ3) is 3.47. The lowest BCUT2D eigenvalue weighted by atomic mass is 10.0. The third-order valence-corrected chi connectivity index (χ3v) is 5.92. The van der Waals surface area contributed by atoms with E-state index in [-0.39, 0.29) is 0 Å². The molecule has 0 unspecified atom stereocenters. The molecule has 2 nitrogen and oxygen atoms in total. The van der Waals surface area contributed by atoms with Gasteiger partial charge in [0.2, 0.25) is 0 Å². The number of rotatable bonds is 5. The number of H-pyrrole nitrogens is 1. The maximum atomic E-state index is 13.2. The van der Waals surface area contributed by atoms with Crippen molar-refractivity contribution in [1.82, 2.24) is 4.98 Å². The van der Waals surface area contributed by atoms with Crippen molar-refractivity contribution in [2.75, 3.05) is 6.54 Å². The Hall–Kier alpha value is -2.31. The van der Waals surface area contributed by atoms with Gasteiger partial charge in [-0.1, -0.05) is 18.2 Å². The number of thiophene rings is 1. The average Bonchev–Trinajstić information content (AvgIpc) is 3.22. The number of halogens is 3. The van der Waals surface area contributed by atoms with Gasteiger partial charge in [0.25, 0.3) is 0 Å². The Balaban J connectivity index is 1.88. The molecule has 0 radical (unpaired) electrons. The molecule has 0 bridgehead atoms. The molecule has 2 aromatic carbocycles. The summed E-state index contributed by atoms with van der Waals surface area (Å²) in [4.78, 5) is 4.40. The van der Waals surface area contributed by atoms with Gasteiger partial charge in [0, 0.05) is 15.6 Å². The van der Waals surface area contributed by atoms with Crippen LogP contribution in [0, 0.1) is 0 Å². The zero-order valence-electron chi connectivity index (χ0n) is 14.6. The summed E-state index contributed by atoms with van der Waals surface area (Å²) in [5, 5.41) is 1.79. The van der Waals surface area contributed by atoms with Crippen LogP contribution in [0.5, 0.6) is 0 Å². The SMILES string of the molecule is NCCCCc1c(-c2cc3ccccc3s2)[nH]c2ccc(C(F)(F)F)cc12. The van der Waals surface area contributed by atoms with Crippen molar-refractivity contribution in [3.63, 3.8) is 0 Å². The predicted molar refractivity (Wildman–Crippen MR) is 106 cm³/mol. The smallest absolute Gasteiger partial charge is 0.354 e. The summed E-state index contributed by atoms with van der Waals surface area (Å²) < 4.78 is 40.8. The van der Waals surface area contributed by atoms with Crippen molar-refractivity contribution in [2.24, 2.45) is 5.73 Å².